The van der Waals surface area contributed by atoms with Crippen LogP contribution < -0.4 is 10.1 Å². The summed E-state index contributed by atoms with van der Waals surface area (Å²) in [5.41, 5.74) is 1.83. The molecular formula is C33H41ClN4O4. The van der Waals surface area contributed by atoms with Crippen molar-refractivity contribution in [2.45, 2.75) is 50.1 Å². The molecule has 8 nitrogen and oxygen atoms in total. The lowest BCUT2D eigenvalue weighted by molar-refractivity contribution is -0.129. The number of methoxy groups -OCH3 is 1. The van der Waals surface area contributed by atoms with Crippen LogP contribution >= 0.6 is 11.6 Å². The number of amides is 2. The van der Waals surface area contributed by atoms with Crippen molar-refractivity contribution in [3.05, 3.63) is 64.7 Å². The maximum Gasteiger partial charge on any atom is 0.259 e. The first-order valence-electron chi connectivity index (χ1n) is 15.2. The molecule has 3 fully saturated rings. The van der Waals surface area contributed by atoms with Crippen LogP contribution in [0, 0.1) is 5.92 Å². The van der Waals surface area contributed by atoms with Gasteiger partial charge in [0.25, 0.3) is 5.91 Å². The number of nitrogens with one attached hydrogen (secondary N) is 1. The number of benzene rings is 2. The Kier molecular flexibility index (Phi) is 8.48. The quantitative estimate of drug-likeness (QED) is 0.430. The number of likely N-dealkylation sites (N-methyl/N-ethyl adjacent to an activating group) is 1. The second-order valence-electron chi connectivity index (χ2n) is 12.2. The number of nitrogens with zero attached hydrogens (tertiary/aromatic N) is 3. The fourth-order valence-electron chi connectivity index (χ4n) is 7.12. The van der Waals surface area contributed by atoms with Crippen molar-refractivity contribution in [2.24, 2.45) is 5.92 Å². The molecule has 9 heteroatoms. The number of hydrogen-bond donors (Lipinski definition) is 1. The zero-order valence-corrected chi connectivity index (χ0v) is 25.4. The summed E-state index contributed by atoms with van der Waals surface area (Å²) < 4.78 is 13.7. The molecule has 3 aliphatic rings. The molecule has 0 bridgehead atoms. The first-order valence-corrected chi connectivity index (χ1v) is 15.5. The third-order valence-corrected chi connectivity index (χ3v) is 9.79. The monoisotopic (exact) mass is 592 g/mol. The van der Waals surface area contributed by atoms with E-state index in [1.54, 1.807) is 7.11 Å². The number of fused-ring (bicyclic) bond motifs is 1. The van der Waals surface area contributed by atoms with E-state index >= 15 is 0 Å². The topological polar surface area (TPSA) is 76.0 Å². The Hall–Kier alpha value is -3.07. The lowest BCUT2D eigenvalue weighted by atomic mass is 9.71. The standard InChI is InChI=1S/C33H41ClN4O4/c1-36-15-10-26(22-36)35-32(40)33(24-6-4-3-5-7-24)13-16-37(17-14-33)30(39)29-27-20-25(34)8-9-28(27)38(31(29)41-2)21-23-11-18-42-19-12-23/h3-9,20,23,26H,10-19,21-22H2,1-2H3,(H,35,40)/t26-/m1/s1. The van der Waals surface area contributed by atoms with Crippen molar-refractivity contribution in [2.75, 3.05) is 53.6 Å². The number of likely N-dealkylation sites (tertiary alicyclic amines) is 2. The van der Waals surface area contributed by atoms with Gasteiger partial charge >= 0.3 is 0 Å². The van der Waals surface area contributed by atoms with Gasteiger partial charge in [0.05, 0.1) is 18.0 Å². The second-order valence-corrected chi connectivity index (χ2v) is 12.6. The first kappa shape index (κ1) is 29.0. The van der Waals surface area contributed by atoms with Crippen molar-refractivity contribution < 1.29 is 19.1 Å². The molecule has 0 spiro atoms. The summed E-state index contributed by atoms with van der Waals surface area (Å²) in [4.78, 5) is 32.4. The van der Waals surface area contributed by atoms with Crippen molar-refractivity contribution in [3.63, 3.8) is 0 Å². The van der Waals surface area contributed by atoms with E-state index in [1.165, 1.54) is 0 Å². The SMILES string of the molecule is COc1c(C(=O)N2CCC(C(=O)N[C@@H]3CCN(C)C3)(c3ccccc3)CC2)c2cc(Cl)ccc2n1CC1CCOCC1. The fourth-order valence-corrected chi connectivity index (χ4v) is 7.29. The number of carbonyl (C=O) groups is 2. The van der Waals surface area contributed by atoms with Crippen LogP contribution in [-0.2, 0) is 21.5 Å². The molecule has 4 heterocycles. The third kappa shape index (κ3) is 5.52. The van der Waals surface area contributed by atoms with E-state index in [0.29, 0.717) is 48.3 Å². The summed E-state index contributed by atoms with van der Waals surface area (Å²) in [5, 5.41) is 4.74. The van der Waals surface area contributed by atoms with Crippen molar-refractivity contribution in [1.29, 1.82) is 0 Å². The lowest BCUT2D eigenvalue weighted by Crippen LogP contribution is -2.54. The average Bonchev–Trinajstić information content (AvgIpc) is 3.57. The second kappa shape index (κ2) is 12.3. The van der Waals surface area contributed by atoms with Gasteiger partial charge in [-0.2, -0.15) is 0 Å². The number of rotatable bonds is 7. The molecule has 0 unspecified atom stereocenters. The Balaban J connectivity index is 1.28. The molecule has 2 aromatic carbocycles. The maximum atomic E-state index is 14.3. The van der Waals surface area contributed by atoms with Gasteiger partial charge < -0.3 is 29.2 Å². The predicted molar refractivity (Wildman–Crippen MR) is 164 cm³/mol. The lowest BCUT2D eigenvalue weighted by Gasteiger charge is -2.41. The van der Waals surface area contributed by atoms with Crippen LogP contribution in [0.4, 0.5) is 0 Å². The average molecular weight is 593 g/mol. The minimum absolute atomic E-state index is 0.0681. The summed E-state index contributed by atoms with van der Waals surface area (Å²) in [5.74, 6) is 1.01. The number of aromatic nitrogens is 1. The predicted octanol–water partition coefficient (Wildman–Crippen LogP) is 4.72. The zero-order valence-electron chi connectivity index (χ0n) is 24.6. The number of halogens is 1. The van der Waals surface area contributed by atoms with E-state index in [2.05, 4.69) is 21.8 Å². The highest BCUT2D eigenvalue weighted by atomic mass is 35.5. The van der Waals surface area contributed by atoms with Gasteiger partial charge in [0.2, 0.25) is 11.8 Å². The van der Waals surface area contributed by atoms with Gasteiger partial charge in [0.15, 0.2) is 0 Å². The van der Waals surface area contributed by atoms with E-state index < -0.39 is 5.41 Å². The van der Waals surface area contributed by atoms with Crippen LogP contribution in [0.5, 0.6) is 5.88 Å². The minimum atomic E-state index is -0.677. The van der Waals surface area contributed by atoms with Gasteiger partial charge in [-0.1, -0.05) is 41.9 Å². The highest BCUT2D eigenvalue weighted by Gasteiger charge is 2.45. The first-order chi connectivity index (χ1) is 20.4. The van der Waals surface area contributed by atoms with Gasteiger partial charge in [0, 0.05) is 55.8 Å². The van der Waals surface area contributed by atoms with E-state index in [1.807, 2.05) is 53.4 Å². The molecule has 6 rings (SSSR count). The van der Waals surface area contributed by atoms with E-state index in [9.17, 15) is 9.59 Å². The molecule has 224 valence electrons. The summed E-state index contributed by atoms with van der Waals surface area (Å²) >= 11 is 6.46. The molecule has 3 saturated heterocycles. The van der Waals surface area contributed by atoms with Gasteiger partial charge in [-0.25, -0.2) is 0 Å². The molecule has 2 amide bonds. The molecule has 1 atom stereocenters. The minimum Gasteiger partial charge on any atom is -0.482 e. The van der Waals surface area contributed by atoms with Gasteiger partial charge in [0.1, 0.15) is 5.56 Å². The maximum absolute atomic E-state index is 14.3. The molecule has 1 aromatic heterocycles. The summed E-state index contributed by atoms with van der Waals surface area (Å²) in [6.07, 6.45) is 4.03. The van der Waals surface area contributed by atoms with Crippen molar-refractivity contribution in [1.82, 2.24) is 19.7 Å². The van der Waals surface area contributed by atoms with Crippen molar-refractivity contribution in [3.8, 4) is 5.88 Å². The smallest absolute Gasteiger partial charge is 0.259 e. The summed E-state index contributed by atoms with van der Waals surface area (Å²) in [6.45, 7) is 5.06. The Morgan fingerprint density at radius 1 is 1.05 bits per heavy atom. The molecule has 0 radical (unpaired) electrons. The van der Waals surface area contributed by atoms with Gasteiger partial charge in [-0.3, -0.25) is 9.59 Å². The van der Waals surface area contributed by atoms with Crippen molar-refractivity contribution >= 4 is 34.3 Å². The third-order valence-electron chi connectivity index (χ3n) is 9.56. The Labute approximate surface area is 252 Å². The number of hydrogen-bond acceptors (Lipinski definition) is 5. The van der Waals surface area contributed by atoms with E-state index in [0.717, 1.165) is 68.6 Å². The molecular weight excluding hydrogens is 552 g/mol. The molecule has 0 aliphatic carbocycles. The van der Waals surface area contributed by atoms with Crippen LogP contribution in [0.15, 0.2) is 48.5 Å². The fraction of sp³-hybridized carbons (Fsp3) is 0.515. The van der Waals surface area contributed by atoms with E-state index in [4.69, 9.17) is 21.1 Å². The van der Waals surface area contributed by atoms with Gasteiger partial charge in [-0.05, 0) is 75.4 Å². The Morgan fingerprint density at radius 3 is 2.45 bits per heavy atom. The van der Waals surface area contributed by atoms with Crippen LogP contribution in [-0.4, -0.2) is 85.8 Å². The van der Waals surface area contributed by atoms with Crippen LogP contribution in [0.25, 0.3) is 10.9 Å². The van der Waals surface area contributed by atoms with Gasteiger partial charge in [-0.15, -0.1) is 0 Å². The molecule has 1 N–H and O–H groups in total. The highest BCUT2D eigenvalue weighted by Crippen LogP contribution is 2.40. The normalized spacial score (nSPS) is 21.5. The van der Waals surface area contributed by atoms with Crippen LogP contribution in [0.3, 0.4) is 0 Å². The Morgan fingerprint density at radius 2 is 1.79 bits per heavy atom. The number of carbonyl (C=O) groups excluding carboxylic acids is 2. The highest BCUT2D eigenvalue weighted by molar-refractivity contribution is 6.31. The van der Waals surface area contributed by atoms with Crippen LogP contribution in [0.2, 0.25) is 5.02 Å². The Bertz CT molecular complexity index is 1430. The van der Waals surface area contributed by atoms with E-state index in [-0.39, 0.29) is 17.9 Å². The summed E-state index contributed by atoms with van der Waals surface area (Å²) in [6, 6.07) is 15.9. The zero-order chi connectivity index (χ0) is 29.3. The molecule has 0 saturated carbocycles. The molecule has 3 aliphatic heterocycles. The largest absolute Gasteiger partial charge is 0.482 e. The van der Waals surface area contributed by atoms with Crippen LogP contribution in [0.1, 0.15) is 48.0 Å². The summed E-state index contributed by atoms with van der Waals surface area (Å²) in [7, 11) is 3.72. The molecule has 42 heavy (non-hydrogen) atoms. The molecule has 3 aromatic rings. The number of piperidine rings is 1. The number of ether oxygens (including phenoxy) is 2.